The average Bonchev–Trinajstić information content (AvgIpc) is 2.67. The second-order valence-electron chi connectivity index (χ2n) is 3.15. The van der Waals surface area contributed by atoms with Crippen LogP contribution in [0.5, 0.6) is 5.75 Å². The van der Waals surface area contributed by atoms with Crippen molar-refractivity contribution in [2.24, 2.45) is 12.2 Å². The van der Waals surface area contributed by atoms with Crippen LogP contribution in [0.15, 0.2) is 18.3 Å². The molecule has 0 spiro atoms. The Morgan fingerprint density at radius 1 is 1.59 bits per heavy atom. The van der Waals surface area contributed by atoms with Gasteiger partial charge in [-0.15, -0.1) is 0 Å². The number of nitrogens with zero attached hydrogens (tertiary/aromatic N) is 3. The van der Waals surface area contributed by atoms with Crippen molar-refractivity contribution < 1.29 is 14.1 Å². The normalized spacial score (nSPS) is 10.7. The lowest BCUT2D eigenvalue weighted by Crippen LogP contribution is -1.96. The Labute approximate surface area is 99.7 Å². The SMILES string of the molecule is Cn1ncc2c([N+](=O)[O-])cc(OOSN)cc21. The fourth-order valence-corrected chi connectivity index (χ4v) is 1.58. The monoisotopic (exact) mass is 256 g/mol. The standard InChI is InChI=1S/C8H8N4O4S/c1-11-7-2-5(15-16-17-9)3-8(12(13)14)6(7)4-10-11/h2-4H,9H2,1H3. The molecule has 0 amide bonds. The van der Waals surface area contributed by atoms with Crippen molar-refractivity contribution in [2.75, 3.05) is 0 Å². The molecule has 0 aliphatic carbocycles. The summed E-state index contributed by atoms with van der Waals surface area (Å²) in [5.41, 5.74) is 0.469. The molecule has 0 unspecified atom stereocenters. The van der Waals surface area contributed by atoms with Gasteiger partial charge in [0.05, 0.1) is 28.1 Å². The van der Waals surface area contributed by atoms with Crippen LogP contribution in [0.2, 0.25) is 0 Å². The average molecular weight is 256 g/mol. The number of nitro benzene ring substituents is 1. The van der Waals surface area contributed by atoms with Crippen molar-refractivity contribution in [2.45, 2.75) is 0 Å². The number of non-ortho nitro benzene ring substituents is 1. The van der Waals surface area contributed by atoms with Crippen molar-refractivity contribution >= 4 is 28.8 Å². The van der Waals surface area contributed by atoms with Crippen LogP contribution in [0.3, 0.4) is 0 Å². The van der Waals surface area contributed by atoms with Gasteiger partial charge in [0.2, 0.25) is 0 Å². The summed E-state index contributed by atoms with van der Waals surface area (Å²) >= 11 is 0.508. The molecule has 0 fully saturated rings. The van der Waals surface area contributed by atoms with Gasteiger partial charge in [-0.05, 0) is 0 Å². The van der Waals surface area contributed by atoms with Gasteiger partial charge in [0.15, 0.2) is 5.75 Å². The zero-order valence-electron chi connectivity index (χ0n) is 8.69. The molecule has 9 heteroatoms. The highest BCUT2D eigenvalue weighted by molar-refractivity contribution is 7.92. The van der Waals surface area contributed by atoms with Crippen LogP contribution in [0.25, 0.3) is 10.9 Å². The molecule has 2 N–H and O–H groups in total. The van der Waals surface area contributed by atoms with Gasteiger partial charge in [0.1, 0.15) is 12.2 Å². The summed E-state index contributed by atoms with van der Waals surface area (Å²) in [5, 5.41) is 20.3. The largest absolute Gasteiger partial charge is 0.324 e. The number of hydrogen-bond acceptors (Lipinski definition) is 7. The van der Waals surface area contributed by atoms with Crippen LogP contribution < -0.4 is 10.0 Å². The molecule has 1 aromatic carbocycles. The molecule has 2 aromatic rings. The summed E-state index contributed by atoms with van der Waals surface area (Å²) in [6.07, 6.45) is 1.43. The molecule has 8 nitrogen and oxygen atoms in total. The number of nitrogens with two attached hydrogens (primary N) is 1. The molecule has 90 valence electrons. The summed E-state index contributed by atoms with van der Waals surface area (Å²) in [4.78, 5) is 15.2. The maximum Gasteiger partial charge on any atom is 0.284 e. The lowest BCUT2D eigenvalue weighted by atomic mass is 10.2. The zero-order valence-corrected chi connectivity index (χ0v) is 9.51. The second kappa shape index (κ2) is 4.57. The molecule has 0 saturated heterocycles. The Morgan fingerprint density at radius 3 is 3.00 bits per heavy atom. The van der Waals surface area contributed by atoms with Crippen molar-refractivity contribution in [1.82, 2.24) is 9.78 Å². The zero-order chi connectivity index (χ0) is 12.4. The van der Waals surface area contributed by atoms with Gasteiger partial charge in [0.25, 0.3) is 5.69 Å². The summed E-state index contributed by atoms with van der Waals surface area (Å²) in [6.45, 7) is 0. The first-order valence-electron chi connectivity index (χ1n) is 4.43. The highest BCUT2D eigenvalue weighted by atomic mass is 32.2. The van der Waals surface area contributed by atoms with Gasteiger partial charge in [-0.1, -0.05) is 4.33 Å². The molecule has 2 rings (SSSR count). The molecule has 1 aromatic heterocycles. The van der Waals surface area contributed by atoms with Crippen LogP contribution in [-0.2, 0) is 11.4 Å². The van der Waals surface area contributed by atoms with Crippen LogP contribution >= 0.6 is 12.2 Å². The van der Waals surface area contributed by atoms with E-state index < -0.39 is 4.92 Å². The fourth-order valence-electron chi connectivity index (χ4n) is 1.46. The van der Waals surface area contributed by atoms with Crippen molar-refractivity contribution in [3.63, 3.8) is 0 Å². The first kappa shape index (κ1) is 11.6. The van der Waals surface area contributed by atoms with Gasteiger partial charge in [-0.2, -0.15) is 5.10 Å². The maximum absolute atomic E-state index is 10.9. The Kier molecular flexibility index (Phi) is 3.13. The number of rotatable bonds is 4. The Hall–Kier alpha value is -1.84. The third-order valence-corrected chi connectivity index (χ3v) is 2.33. The van der Waals surface area contributed by atoms with Crippen LogP contribution in [0, 0.1) is 10.1 Å². The lowest BCUT2D eigenvalue weighted by molar-refractivity contribution is -0.383. The first-order chi connectivity index (χ1) is 8.13. The minimum Gasteiger partial charge on any atom is -0.324 e. The molecule has 0 aliphatic rings. The Balaban J connectivity index is 2.56. The van der Waals surface area contributed by atoms with Crippen molar-refractivity contribution in [3.8, 4) is 5.75 Å². The van der Waals surface area contributed by atoms with E-state index in [1.165, 1.54) is 16.9 Å². The minimum atomic E-state index is -0.507. The number of fused-ring (bicyclic) bond motifs is 1. The molecule has 1 heterocycles. The van der Waals surface area contributed by atoms with E-state index in [4.69, 9.17) is 10.0 Å². The van der Waals surface area contributed by atoms with E-state index >= 15 is 0 Å². The molecule has 0 bridgehead atoms. The third-order valence-electron chi connectivity index (χ3n) is 2.18. The summed E-state index contributed by atoms with van der Waals surface area (Å²) < 4.78 is 5.97. The summed E-state index contributed by atoms with van der Waals surface area (Å²) in [6, 6.07) is 2.83. The minimum absolute atomic E-state index is 0.101. The van der Waals surface area contributed by atoms with Crippen LogP contribution in [0.1, 0.15) is 0 Å². The molecule has 0 saturated carbocycles. The van der Waals surface area contributed by atoms with E-state index in [-0.39, 0.29) is 11.4 Å². The van der Waals surface area contributed by atoms with Gasteiger partial charge in [-0.3, -0.25) is 19.9 Å². The summed E-state index contributed by atoms with van der Waals surface area (Å²) in [7, 11) is 1.67. The van der Waals surface area contributed by atoms with E-state index in [9.17, 15) is 10.1 Å². The van der Waals surface area contributed by atoms with E-state index in [1.807, 2.05) is 0 Å². The molecule has 0 aliphatic heterocycles. The van der Waals surface area contributed by atoms with E-state index in [1.54, 1.807) is 13.1 Å². The van der Waals surface area contributed by atoms with Crippen molar-refractivity contribution in [1.29, 1.82) is 0 Å². The smallest absolute Gasteiger partial charge is 0.284 e. The quantitative estimate of drug-likeness (QED) is 0.289. The number of aryl methyl sites for hydroxylation is 1. The Bertz CT molecular complexity index is 570. The van der Waals surface area contributed by atoms with Crippen molar-refractivity contribution in [3.05, 3.63) is 28.4 Å². The second-order valence-corrected chi connectivity index (χ2v) is 3.48. The first-order valence-corrected chi connectivity index (χ1v) is 5.24. The fraction of sp³-hybridized carbons (Fsp3) is 0.125. The predicted molar refractivity (Wildman–Crippen MR) is 60.9 cm³/mol. The highest BCUT2D eigenvalue weighted by Gasteiger charge is 2.17. The van der Waals surface area contributed by atoms with Crippen LogP contribution in [0.4, 0.5) is 5.69 Å². The molecular formula is C8H8N4O4S. The van der Waals surface area contributed by atoms with Gasteiger partial charge in [-0.25, -0.2) is 0 Å². The number of nitro groups is 1. The molecule has 0 atom stereocenters. The maximum atomic E-state index is 10.9. The summed E-state index contributed by atoms with van der Waals surface area (Å²) in [5.74, 6) is 0.186. The topological polar surface area (TPSA) is 105 Å². The molecule has 17 heavy (non-hydrogen) atoms. The number of benzene rings is 1. The van der Waals surface area contributed by atoms with Gasteiger partial charge < -0.3 is 4.89 Å². The van der Waals surface area contributed by atoms with E-state index in [2.05, 4.69) is 9.43 Å². The Morgan fingerprint density at radius 2 is 2.35 bits per heavy atom. The van der Waals surface area contributed by atoms with Crippen LogP contribution in [-0.4, -0.2) is 14.7 Å². The van der Waals surface area contributed by atoms with E-state index in [0.717, 1.165) is 0 Å². The number of aromatic nitrogens is 2. The van der Waals surface area contributed by atoms with E-state index in [0.29, 0.717) is 23.1 Å². The lowest BCUT2D eigenvalue weighted by Gasteiger charge is -2.02. The third kappa shape index (κ3) is 2.16. The van der Waals surface area contributed by atoms with Gasteiger partial charge in [0, 0.05) is 13.1 Å². The number of hydrogen-bond donors (Lipinski definition) is 1. The molecule has 0 radical (unpaired) electrons. The predicted octanol–water partition coefficient (Wildman–Crippen LogP) is 1.31. The van der Waals surface area contributed by atoms with Gasteiger partial charge >= 0.3 is 0 Å². The molecular weight excluding hydrogens is 248 g/mol. The highest BCUT2D eigenvalue weighted by Crippen LogP contribution is 2.30.